The predicted molar refractivity (Wildman–Crippen MR) is 65.5 cm³/mol. The molecule has 2 aromatic heterocycles. The number of rotatable bonds is 4. The van der Waals surface area contributed by atoms with E-state index >= 15 is 0 Å². The second-order valence-corrected chi connectivity index (χ2v) is 4.13. The van der Waals surface area contributed by atoms with Gasteiger partial charge in [-0.1, -0.05) is 6.92 Å². The minimum atomic E-state index is -0.511. The number of hydrogen-bond donors (Lipinski definition) is 1. The molecule has 4 nitrogen and oxygen atoms in total. The Hall–Kier alpha value is -1.68. The van der Waals surface area contributed by atoms with Gasteiger partial charge in [0.25, 0.3) is 0 Å². The fourth-order valence-electron chi connectivity index (χ4n) is 1.94. The molecule has 2 heterocycles. The molecule has 0 bridgehead atoms. The van der Waals surface area contributed by atoms with Gasteiger partial charge in [-0.05, 0) is 29.7 Å². The number of aromatic nitrogens is 3. The first-order valence-corrected chi connectivity index (χ1v) is 5.80. The van der Waals surface area contributed by atoms with E-state index in [4.69, 9.17) is 0 Å². The van der Waals surface area contributed by atoms with E-state index in [2.05, 4.69) is 17.0 Å². The standard InChI is InChI=1S/C13H17N3O/c1-3-10-9-14-6-4-12(10)13(17)8-11-5-7-16(2)15-11/h4-7,9,13,17H,3,8H2,1-2H3. The van der Waals surface area contributed by atoms with Crippen molar-refractivity contribution in [3.63, 3.8) is 0 Å². The monoisotopic (exact) mass is 231 g/mol. The molecule has 0 aliphatic rings. The van der Waals surface area contributed by atoms with Crippen molar-refractivity contribution in [3.8, 4) is 0 Å². The van der Waals surface area contributed by atoms with Gasteiger partial charge >= 0.3 is 0 Å². The van der Waals surface area contributed by atoms with E-state index in [0.717, 1.165) is 23.2 Å². The smallest absolute Gasteiger partial charge is 0.0849 e. The predicted octanol–water partition coefficient (Wildman–Crippen LogP) is 1.65. The summed E-state index contributed by atoms with van der Waals surface area (Å²) in [6, 6.07) is 3.81. The van der Waals surface area contributed by atoms with Gasteiger partial charge < -0.3 is 5.11 Å². The molecule has 0 aliphatic heterocycles. The fourth-order valence-corrected chi connectivity index (χ4v) is 1.94. The molecular weight excluding hydrogens is 214 g/mol. The van der Waals surface area contributed by atoms with Crippen molar-refractivity contribution in [2.45, 2.75) is 25.9 Å². The van der Waals surface area contributed by atoms with E-state index in [-0.39, 0.29) is 0 Å². The normalized spacial score (nSPS) is 12.6. The zero-order valence-electron chi connectivity index (χ0n) is 10.2. The van der Waals surface area contributed by atoms with Crippen molar-refractivity contribution in [3.05, 3.63) is 47.5 Å². The number of nitrogens with zero attached hydrogens (tertiary/aromatic N) is 3. The minimum Gasteiger partial charge on any atom is -0.388 e. The Morgan fingerprint density at radius 1 is 1.41 bits per heavy atom. The molecule has 0 aliphatic carbocycles. The van der Waals surface area contributed by atoms with Gasteiger partial charge in [-0.2, -0.15) is 5.10 Å². The van der Waals surface area contributed by atoms with Gasteiger partial charge in [-0.3, -0.25) is 9.67 Å². The van der Waals surface area contributed by atoms with Gasteiger partial charge in [0.05, 0.1) is 11.8 Å². The summed E-state index contributed by atoms with van der Waals surface area (Å²) in [6.07, 6.45) is 6.32. The van der Waals surface area contributed by atoms with Crippen LogP contribution in [0.4, 0.5) is 0 Å². The Balaban J connectivity index is 2.16. The molecule has 2 rings (SSSR count). The lowest BCUT2D eigenvalue weighted by Gasteiger charge is -2.13. The maximum Gasteiger partial charge on any atom is 0.0849 e. The summed E-state index contributed by atoms with van der Waals surface area (Å²) in [5, 5.41) is 14.5. The van der Waals surface area contributed by atoms with E-state index in [1.165, 1.54) is 0 Å². The van der Waals surface area contributed by atoms with Gasteiger partial charge in [-0.25, -0.2) is 0 Å². The Labute approximate surface area is 101 Å². The first-order valence-electron chi connectivity index (χ1n) is 5.80. The molecule has 90 valence electrons. The quantitative estimate of drug-likeness (QED) is 0.870. The highest BCUT2D eigenvalue weighted by atomic mass is 16.3. The van der Waals surface area contributed by atoms with Crippen LogP contribution in [0.15, 0.2) is 30.7 Å². The summed E-state index contributed by atoms with van der Waals surface area (Å²) in [4.78, 5) is 4.08. The fraction of sp³-hybridized carbons (Fsp3) is 0.385. The van der Waals surface area contributed by atoms with E-state index in [1.54, 1.807) is 10.9 Å². The number of aliphatic hydroxyl groups excluding tert-OH is 1. The van der Waals surface area contributed by atoms with Crippen LogP contribution in [0.2, 0.25) is 0 Å². The summed E-state index contributed by atoms with van der Waals surface area (Å²) >= 11 is 0. The van der Waals surface area contributed by atoms with Crippen molar-refractivity contribution in [1.82, 2.24) is 14.8 Å². The second kappa shape index (κ2) is 5.10. The van der Waals surface area contributed by atoms with Crippen molar-refractivity contribution in [2.75, 3.05) is 0 Å². The van der Waals surface area contributed by atoms with Crippen molar-refractivity contribution >= 4 is 0 Å². The largest absolute Gasteiger partial charge is 0.388 e. The number of hydrogen-bond acceptors (Lipinski definition) is 3. The molecule has 0 aromatic carbocycles. The lowest BCUT2D eigenvalue weighted by atomic mass is 10.00. The van der Waals surface area contributed by atoms with E-state index in [0.29, 0.717) is 6.42 Å². The lowest BCUT2D eigenvalue weighted by molar-refractivity contribution is 0.176. The van der Waals surface area contributed by atoms with Gasteiger partial charge in [0.1, 0.15) is 0 Å². The molecule has 2 aromatic rings. The third-order valence-corrected chi connectivity index (χ3v) is 2.85. The summed E-state index contributed by atoms with van der Waals surface area (Å²) in [5.74, 6) is 0. The molecule has 0 fully saturated rings. The van der Waals surface area contributed by atoms with Crippen LogP contribution < -0.4 is 0 Å². The number of aliphatic hydroxyl groups is 1. The van der Waals surface area contributed by atoms with Crippen LogP contribution in [0.3, 0.4) is 0 Å². The molecular formula is C13H17N3O. The highest BCUT2D eigenvalue weighted by Crippen LogP contribution is 2.20. The molecule has 17 heavy (non-hydrogen) atoms. The molecule has 0 amide bonds. The lowest BCUT2D eigenvalue weighted by Crippen LogP contribution is -2.06. The second-order valence-electron chi connectivity index (χ2n) is 4.13. The van der Waals surface area contributed by atoms with Crippen molar-refractivity contribution in [2.24, 2.45) is 7.05 Å². The van der Waals surface area contributed by atoms with Crippen LogP contribution in [-0.2, 0) is 19.9 Å². The van der Waals surface area contributed by atoms with Gasteiger partial charge in [-0.15, -0.1) is 0 Å². The molecule has 0 spiro atoms. The Bertz CT molecular complexity index is 493. The first-order chi connectivity index (χ1) is 8.20. The average molecular weight is 231 g/mol. The Kier molecular flexibility index (Phi) is 3.54. The SMILES string of the molecule is CCc1cnccc1C(O)Cc1ccn(C)n1. The highest BCUT2D eigenvalue weighted by molar-refractivity contribution is 5.26. The molecule has 0 saturated heterocycles. The molecule has 0 saturated carbocycles. The van der Waals surface area contributed by atoms with Gasteiger partial charge in [0, 0.05) is 32.1 Å². The van der Waals surface area contributed by atoms with Crippen LogP contribution in [-0.4, -0.2) is 19.9 Å². The third kappa shape index (κ3) is 2.71. The first kappa shape index (κ1) is 11.8. The van der Waals surface area contributed by atoms with E-state index in [9.17, 15) is 5.11 Å². The average Bonchev–Trinajstić information content (AvgIpc) is 2.74. The summed E-state index contributed by atoms with van der Waals surface area (Å²) in [7, 11) is 1.87. The minimum absolute atomic E-state index is 0.511. The Morgan fingerprint density at radius 3 is 2.88 bits per heavy atom. The molecule has 0 radical (unpaired) electrons. The van der Waals surface area contributed by atoms with Crippen LogP contribution in [0.5, 0.6) is 0 Å². The van der Waals surface area contributed by atoms with E-state index < -0.39 is 6.10 Å². The van der Waals surface area contributed by atoms with Crippen LogP contribution in [0.1, 0.15) is 29.8 Å². The van der Waals surface area contributed by atoms with E-state index in [1.807, 2.05) is 31.6 Å². The zero-order valence-corrected chi connectivity index (χ0v) is 10.2. The van der Waals surface area contributed by atoms with Gasteiger partial charge in [0.15, 0.2) is 0 Å². The maximum absolute atomic E-state index is 10.2. The van der Waals surface area contributed by atoms with Gasteiger partial charge in [0.2, 0.25) is 0 Å². The highest BCUT2D eigenvalue weighted by Gasteiger charge is 2.13. The van der Waals surface area contributed by atoms with Crippen LogP contribution >= 0.6 is 0 Å². The number of pyridine rings is 1. The molecule has 1 atom stereocenters. The summed E-state index contributed by atoms with van der Waals surface area (Å²) in [5.41, 5.74) is 2.95. The van der Waals surface area contributed by atoms with Crippen molar-refractivity contribution < 1.29 is 5.11 Å². The van der Waals surface area contributed by atoms with Crippen molar-refractivity contribution in [1.29, 1.82) is 0 Å². The summed E-state index contributed by atoms with van der Waals surface area (Å²) in [6.45, 7) is 2.06. The Morgan fingerprint density at radius 2 is 2.24 bits per heavy atom. The van der Waals surface area contributed by atoms with Crippen LogP contribution in [0, 0.1) is 0 Å². The topological polar surface area (TPSA) is 50.9 Å². The molecule has 1 N–H and O–H groups in total. The maximum atomic E-state index is 10.2. The summed E-state index contributed by atoms with van der Waals surface area (Å²) < 4.78 is 1.75. The third-order valence-electron chi connectivity index (χ3n) is 2.85. The number of aryl methyl sites for hydroxylation is 2. The van der Waals surface area contributed by atoms with Crippen LogP contribution in [0.25, 0.3) is 0 Å². The molecule has 1 unspecified atom stereocenters. The molecule has 4 heteroatoms. The zero-order chi connectivity index (χ0) is 12.3.